The Bertz CT molecular complexity index is 1660. The van der Waals surface area contributed by atoms with Gasteiger partial charge in [-0.05, 0) is 55.7 Å². The molecule has 3 heterocycles. The van der Waals surface area contributed by atoms with E-state index in [9.17, 15) is 9.65 Å². The predicted molar refractivity (Wildman–Crippen MR) is 154 cm³/mol. The second-order valence-electron chi connectivity index (χ2n) is 12.5. The molecule has 1 aromatic carbocycles. The molecule has 1 aliphatic heterocycles. The van der Waals surface area contributed by atoms with Gasteiger partial charge in [0.25, 0.3) is 0 Å². The molecule has 0 unspecified atom stereocenters. The Labute approximate surface area is 238 Å². The number of aromatic nitrogens is 2. The molecule has 2 bridgehead atoms. The number of fused-ring (bicyclic) bond motifs is 1. The highest BCUT2D eigenvalue weighted by Crippen LogP contribution is 2.61. The molecule has 41 heavy (non-hydrogen) atoms. The fourth-order valence-corrected chi connectivity index (χ4v) is 6.01. The molecule has 3 aromatic rings. The van der Waals surface area contributed by atoms with Crippen molar-refractivity contribution in [3.8, 4) is 18.4 Å². The number of hydrogen-bond acceptors (Lipinski definition) is 8. The molecule has 0 amide bonds. The molecule has 10 heteroatoms. The number of halogens is 2. The predicted octanol–water partition coefficient (Wildman–Crippen LogP) is 5.56. The van der Waals surface area contributed by atoms with Crippen LogP contribution in [0.4, 0.5) is 20.2 Å². The lowest BCUT2D eigenvalue weighted by Crippen LogP contribution is -2.70. The number of hydrazine groups is 2. The van der Waals surface area contributed by atoms with Gasteiger partial charge in [-0.15, -0.1) is 12.0 Å². The summed E-state index contributed by atoms with van der Waals surface area (Å²) in [6, 6.07) is 7.86. The standard InChI is InChI=1S/C31H32F2N8/c1-6-19-15-35-26-20(14-34)9-21(10-23(26)25(19)36-16-30(3,4)5)38-27(22-7-8-24(32)37-17(22)2)28-29(33)41(40-39-28)31-11-18(12-31)13-31/h1,7-10,15,18,27,38-40H,11-13,16H2,2-5H3,(H,35,36)/t18?,27-,31?/m0/s1. The first-order chi connectivity index (χ1) is 19.5. The number of anilines is 2. The molecule has 0 spiro atoms. The number of nitrogens with one attached hydrogen (secondary N) is 4. The first-order valence-electron chi connectivity index (χ1n) is 13.7. The number of rotatable bonds is 7. The van der Waals surface area contributed by atoms with Gasteiger partial charge in [-0.25, -0.2) is 4.98 Å². The molecule has 0 radical (unpaired) electrons. The number of pyridine rings is 2. The summed E-state index contributed by atoms with van der Waals surface area (Å²) >= 11 is 0. The minimum Gasteiger partial charge on any atom is -0.383 e. The van der Waals surface area contributed by atoms with Crippen LogP contribution in [0.3, 0.4) is 0 Å². The van der Waals surface area contributed by atoms with Gasteiger partial charge >= 0.3 is 0 Å². The Balaban J connectivity index is 1.46. The van der Waals surface area contributed by atoms with E-state index >= 15 is 4.39 Å². The molecular formula is C31H32F2N8. The van der Waals surface area contributed by atoms with E-state index in [1.165, 1.54) is 6.07 Å². The van der Waals surface area contributed by atoms with Crippen LogP contribution in [0.25, 0.3) is 10.9 Å². The maximum atomic E-state index is 16.1. The van der Waals surface area contributed by atoms with E-state index in [4.69, 9.17) is 6.42 Å². The summed E-state index contributed by atoms with van der Waals surface area (Å²) in [4.78, 5) is 8.49. The third kappa shape index (κ3) is 4.58. The first kappa shape index (κ1) is 26.8. The van der Waals surface area contributed by atoms with Crippen molar-refractivity contribution in [2.45, 2.75) is 58.5 Å². The van der Waals surface area contributed by atoms with Crippen molar-refractivity contribution < 1.29 is 8.78 Å². The molecule has 1 atom stereocenters. The maximum Gasteiger partial charge on any atom is 0.228 e. The Morgan fingerprint density at radius 1 is 1.22 bits per heavy atom. The highest BCUT2D eigenvalue weighted by molar-refractivity contribution is 5.99. The van der Waals surface area contributed by atoms with Crippen molar-refractivity contribution in [1.82, 2.24) is 25.9 Å². The molecule has 8 nitrogen and oxygen atoms in total. The van der Waals surface area contributed by atoms with E-state index in [0.717, 1.165) is 19.3 Å². The number of nitrogens with zero attached hydrogens (tertiary/aromatic N) is 4. The Hall–Kier alpha value is -4.41. The second kappa shape index (κ2) is 9.60. The number of nitriles is 1. The Morgan fingerprint density at radius 2 is 1.98 bits per heavy atom. The van der Waals surface area contributed by atoms with Gasteiger partial charge in [0.2, 0.25) is 11.9 Å². The van der Waals surface area contributed by atoms with E-state index in [1.807, 2.05) is 6.07 Å². The van der Waals surface area contributed by atoms with Gasteiger partial charge in [0, 0.05) is 35.1 Å². The van der Waals surface area contributed by atoms with Crippen molar-refractivity contribution in [3.05, 3.63) is 70.4 Å². The van der Waals surface area contributed by atoms with Gasteiger partial charge in [0.1, 0.15) is 11.8 Å². The molecule has 0 saturated heterocycles. The highest BCUT2D eigenvalue weighted by Gasteiger charge is 2.62. The average Bonchev–Trinajstić information content (AvgIpc) is 3.23. The summed E-state index contributed by atoms with van der Waals surface area (Å²) in [6.45, 7) is 8.65. The van der Waals surface area contributed by atoms with Crippen LogP contribution in [0, 0.1) is 47.9 Å². The van der Waals surface area contributed by atoms with Crippen LogP contribution < -0.4 is 21.6 Å². The summed E-state index contributed by atoms with van der Waals surface area (Å²) in [5, 5.41) is 19.2. The van der Waals surface area contributed by atoms with Crippen LogP contribution in [0.1, 0.15) is 68.5 Å². The quantitative estimate of drug-likeness (QED) is 0.171. The van der Waals surface area contributed by atoms with Gasteiger partial charge in [0.05, 0.1) is 33.9 Å². The third-order valence-electron chi connectivity index (χ3n) is 8.25. The van der Waals surface area contributed by atoms with E-state index in [0.29, 0.717) is 57.1 Å². The van der Waals surface area contributed by atoms with Gasteiger partial charge in [0.15, 0.2) is 0 Å². The van der Waals surface area contributed by atoms with Crippen LogP contribution in [-0.4, -0.2) is 27.1 Å². The van der Waals surface area contributed by atoms with Gasteiger partial charge in [-0.1, -0.05) is 32.8 Å². The topological polar surface area (TPSA) is 101 Å². The summed E-state index contributed by atoms with van der Waals surface area (Å²) in [7, 11) is 0. The molecule has 3 aliphatic carbocycles. The molecular weight excluding hydrogens is 522 g/mol. The minimum atomic E-state index is -0.772. The van der Waals surface area contributed by atoms with Crippen molar-refractivity contribution >= 4 is 22.3 Å². The third-order valence-corrected chi connectivity index (χ3v) is 8.25. The molecule has 4 aliphatic rings. The van der Waals surface area contributed by atoms with E-state index < -0.39 is 17.9 Å². The molecule has 2 aromatic heterocycles. The zero-order valence-corrected chi connectivity index (χ0v) is 23.5. The summed E-state index contributed by atoms with van der Waals surface area (Å²) in [6.07, 6.45) is 10.3. The van der Waals surface area contributed by atoms with Crippen LogP contribution in [0.5, 0.6) is 0 Å². The largest absolute Gasteiger partial charge is 0.383 e. The number of terminal acetylenes is 1. The zero-order chi connectivity index (χ0) is 29.1. The van der Waals surface area contributed by atoms with Crippen molar-refractivity contribution in [3.63, 3.8) is 0 Å². The fraction of sp³-hybridized carbons (Fsp3) is 0.387. The van der Waals surface area contributed by atoms with Crippen molar-refractivity contribution in [2.24, 2.45) is 11.3 Å². The van der Waals surface area contributed by atoms with Crippen LogP contribution in [0.2, 0.25) is 0 Å². The number of benzene rings is 1. The molecule has 7 rings (SSSR count). The highest BCUT2D eigenvalue weighted by atomic mass is 19.1. The molecule has 3 saturated carbocycles. The average molecular weight is 555 g/mol. The molecule has 4 N–H and O–H groups in total. The van der Waals surface area contributed by atoms with E-state index in [1.54, 1.807) is 30.3 Å². The van der Waals surface area contributed by atoms with E-state index in [2.05, 4.69) is 64.3 Å². The summed E-state index contributed by atoms with van der Waals surface area (Å²) in [5.74, 6) is 2.31. The van der Waals surface area contributed by atoms with Crippen molar-refractivity contribution in [2.75, 3.05) is 17.2 Å². The van der Waals surface area contributed by atoms with E-state index in [-0.39, 0.29) is 16.7 Å². The van der Waals surface area contributed by atoms with Gasteiger partial charge in [-0.3, -0.25) is 9.99 Å². The summed E-state index contributed by atoms with van der Waals surface area (Å²) in [5.41, 5.74) is 9.71. The summed E-state index contributed by atoms with van der Waals surface area (Å²) < 4.78 is 30.1. The number of hydrogen-bond donors (Lipinski definition) is 4. The van der Waals surface area contributed by atoms with Gasteiger partial charge in [-0.2, -0.15) is 14.0 Å². The fourth-order valence-electron chi connectivity index (χ4n) is 6.01. The lowest BCUT2D eigenvalue weighted by Gasteiger charge is -2.64. The van der Waals surface area contributed by atoms with Crippen LogP contribution in [0.15, 0.2) is 42.1 Å². The second-order valence-corrected chi connectivity index (χ2v) is 12.5. The van der Waals surface area contributed by atoms with Crippen LogP contribution >= 0.6 is 0 Å². The Kier molecular flexibility index (Phi) is 6.28. The maximum absolute atomic E-state index is 16.1. The molecule has 3 fully saturated rings. The smallest absolute Gasteiger partial charge is 0.228 e. The monoisotopic (exact) mass is 554 g/mol. The van der Waals surface area contributed by atoms with Crippen LogP contribution in [-0.2, 0) is 0 Å². The SMILES string of the molecule is C#Cc1cnc2c(C#N)cc(N[C@H](C3=C(F)N(C45CC(C4)C5)NN3)c3ccc(F)nc3C)cc2c1NCC(C)(C)C. The lowest BCUT2D eigenvalue weighted by atomic mass is 9.49. The molecule has 210 valence electrons. The minimum absolute atomic E-state index is 0.0367. The first-order valence-corrected chi connectivity index (χ1v) is 13.7. The Morgan fingerprint density at radius 3 is 2.59 bits per heavy atom. The normalized spacial score (nSPS) is 21.9. The zero-order valence-electron chi connectivity index (χ0n) is 23.5. The number of aryl methyl sites for hydroxylation is 1. The lowest BCUT2D eigenvalue weighted by molar-refractivity contribution is -0.155. The van der Waals surface area contributed by atoms with Gasteiger partial charge < -0.3 is 16.1 Å². The van der Waals surface area contributed by atoms with Crippen molar-refractivity contribution in [1.29, 1.82) is 5.26 Å².